The zero-order valence-electron chi connectivity index (χ0n) is 6.92. The van der Waals surface area contributed by atoms with Crippen molar-refractivity contribution in [2.24, 2.45) is 0 Å². The van der Waals surface area contributed by atoms with Crippen molar-refractivity contribution in [2.45, 2.75) is 6.92 Å². The number of hydrogen-bond acceptors (Lipinski definition) is 1. The van der Waals surface area contributed by atoms with Crippen molar-refractivity contribution in [2.75, 3.05) is 6.61 Å². The first kappa shape index (κ1) is 8.94. The third-order valence-electron chi connectivity index (χ3n) is 1.53. The fourth-order valence-electron chi connectivity index (χ4n) is 0.889. The summed E-state index contributed by atoms with van der Waals surface area (Å²) in [5.74, 6) is -0.242. The molecule has 0 atom stereocenters. The van der Waals surface area contributed by atoms with Crippen molar-refractivity contribution in [3.63, 3.8) is 0 Å². The van der Waals surface area contributed by atoms with E-state index in [1.807, 2.05) is 13.0 Å². The van der Waals surface area contributed by atoms with Gasteiger partial charge in [0.25, 0.3) is 0 Å². The maximum Gasteiger partial charge on any atom is 0.123 e. The van der Waals surface area contributed by atoms with E-state index in [9.17, 15) is 4.39 Å². The highest BCUT2D eigenvalue weighted by Crippen LogP contribution is 2.07. The lowest BCUT2D eigenvalue weighted by molar-refractivity contribution is 0.332. The van der Waals surface area contributed by atoms with Crippen LogP contribution < -0.4 is 0 Å². The van der Waals surface area contributed by atoms with E-state index in [0.717, 1.165) is 11.1 Å². The fourth-order valence-corrected chi connectivity index (χ4v) is 0.889. The standard InChI is InChI=1S/C10H11FO/c1-8(7-12)6-9-2-4-10(11)5-3-9/h2-6,12H,7H2,1H3/b8-6+. The Labute approximate surface area is 71.2 Å². The van der Waals surface area contributed by atoms with Crippen LogP contribution >= 0.6 is 0 Å². The molecule has 0 aliphatic carbocycles. The van der Waals surface area contributed by atoms with Gasteiger partial charge in [-0.05, 0) is 30.2 Å². The molecule has 0 heterocycles. The Kier molecular flexibility index (Phi) is 3.00. The smallest absolute Gasteiger partial charge is 0.123 e. The van der Waals surface area contributed by atoms with Crippen molar-refractivity contribution in [1.82, 2.24) is 0 Å². The predicted molar refractivity (Wildman–Crippen MR) is 47.1 cm³/mol. The third kappa shape index (κ3) is 2.47. The van der Waals surface area contributed by atoms with Crippen LogP contribution in [0.4, 0.5) is 4.39 Å². The molecule has 2 heteroatoms. The van der Waals surface area contributed by atoms with Gasteiger partial charge in [0, 0.05) is 0 Å². The van der Waals surface area contributed by atoms with E-state index in [4.69, 9.17) is 5.11 Å². The SMILES string of the molecule is C/C(=C\c1ccc(F)cc1)CO. The Hall–Kier alpha value is -1.15. The van der Waals surface area contributed by atoms with Crippen LogP contribution in [0.3, 0.4) is 0 Å². The summed E-state index contributed by atoms with van der Waals surface area (Å²) in [4.78, 5) is 0. The molecule has 12 heavy (non-hydrogen) atoms. The molecular formula is C10H11FO. The van der Waals surface area contributed by atoms with Crippen LogP contribution in [-0.4, -0.2) is 11.7 Å². The summed E-state index contributed by atoms with van der Waals surface area (Å²) in [7, 11) is 0. The van der Waals surface area contributed by atoms with Crippen molar-refractivity contribution in [3.8, 4) is 0 Å². The second kappa shape index (κ2) is 4.02. The van der Waals surface area contributed by atoms with Gasteiger partial charge in [0.15, 0.2) is 0 Å². The van der Waals surface area contributed by atoms with Crippen LogP contribution in [-0.2, 0) is 0 Å². The summed E-state index contributed by atoms with van der Waals surface area (Å²) >= 11 is 0. The van der Waals surface area contributed by atoms with E-state index in [1.54, 1.807) is 12.1 Å². The molecule has 0 amide bonds. The minimum atomic E-state index is -0.242. The quantitative estimate of drug-likeness (QED) is 0.714. The van der Waals surface area contributed by atoms with Crippen LogP contribution in [0, 0.1) is 5.82 Å². The Bertz CT molecular complexity index is 274. The van der Waals surface area contributed by atoms with E-state index in [2.05, 4.69) is 0 Å². The molecule has 0 saturated heterocycles. The van der Waals surface area contributed by atoms with Gasteiger partial charge in [-0.3, -0.25) is 0 Å². The summed E-state index contributed by atoms with van der Waals surface area (Å²) in [6.07, 6.45) is 1.82. The molecule has 0 spiro atoms. The predicted octanol–water partition coefficient (Wildman–Crippen LogP) is 2.22. The van der Waals surface area contributed by atoms with Crippen molar-refractivity contribution >= 4 is 6.08 Å². The van der Waals surface area contributed by atoms with E-state index < -0.39 is 0 Å². The average Bonchev–Trinajstić information content (AvgIpc) is 2.09. The lowest BCUT2D eigenvalue weighted by Gasteiger charge is -1.95. The number of rotatable bonds is 2. The van der Waals surface area contributed by atoms with Gasteiger partial charge in [0.2, 0.25) is 0 Å². The van der Waals surface area contributed by atoms with E-state index in [-0.39, 0.29) is 12.4 Å². The van der Waals surface area contributed by atoms with Gasteiger partial charge in [0.1, 0.15) is 5.82 Å². The molecule has 0 unspecified atom stereocenters. The molecular weight excluding hydrogens is 155 g/mol. The summed E-state index contributed by atoms with van der Waals surface area (Å²) in [5, 5.41) is 8.71. The van der Waals surface area contributed by atoms with Gasteiger partial charge in [-0.15, -0.1) is 0 Å². The molecule has 0 aromatic heterocycles. The number of aliphatic hydroxyl groups is 1. The topological polar surface area (TPSA) is 20.2 Å². The highest BCUT2D eigenvalue weighted by Gasteiger charge is 1.90. The van der Waals surface area contributed by atoms with Crippen LogP contribution in [0.25, 0.3) is 6.08 Å². The molecule has 0 saturated carbocycles. The highest BCUT2D eigenvalue weighted by atomic mass is 19.1. The van der Waals surface area contributed by atoms with Crippen LogP contribution in [0.15, 0.2) is 29.8 Å². The maximum atomic E-state index is 12.4. The third-order valence-corrected chi connectivity index (χ3v) is 1.53. The molecule has 0 aliphatic rings. The minimum absolute atomic E-state index is 0.0391. The van der Waals surface area contributed by atoms with Gasteiger partial charge < -0.3 is 5.11 Å². The molecule has 0 radical (unpaired) electrons. The highest BCUT2D eigenvalue weighted by molar-refractivity contribution is 5.52. The van der Waals surface area contributed by atoms with Crippen molar-refractivity contribution < 1.29 is 9.50 Å². The van der Waals surface area contributed by atoms with Crippen LogP contribution in [0.2, 0.25) is 0 Å². The molecule has 1 rings (SSSR count). The Balaban J connectivity index is 2.84. The van der Waals surface area contributed by atoms with E-state index in [0.29, 0.717) is 0 Å². The summed E-state index contributed by atoms with van der Waals surface area (Å²) in [6, 6.07) is 6.15. The van der Waals surface area contributed by atoms with Gasteiger partial charge in [-0.2, -0.15) is 0 Å². The number of hydrogen-bond donors (Lipinski definition) is 1. The first-order valence-electron chi connectivity index (χ1n) is 3.76. The molecule has 0 fully saturated rings. The Morgan fingerprint density at radius 3 is 2.50 bits per heavy atom. The number of halogens is 1. The molecule has 0 bridgehead atoms. The molecule has 1 aromatic rings. The first-order valence-corrected chi connectivity index (χ1v) is 3.76. The molecule has 1 aromatic carbocycles. The van der Waals surface area contributed by atoms with Gasteiger partial charge in [-0.1, -0.05) is 18.2 Å². The van der Waals surface area contributed by atoms with Crippen molar-refractivity contribution in [1.29, 1.82) is 0 Å². The van der Waals surface area contributed by atoms with Gasteiger partial charge in [0.05, 0.1) is 6.61 Å². The van der Waals surface area contributed by atoms with Crippen LogP contribution in [0.1, 0.15) is 12.5 Å². The summed E-state index contributed by atoms with van der Waals surface area (Å²) in [6.45, 7) is 1.86. The van der Waals surface area contributed by atoms with E-state index >= 15 is 0 Å². The van der Waals surface area contributed by atoms with Gasteiger partial charge in [-0.25, -0.2) is 4.39 Å². The Morgan fingerprint density at radius 2 is 2.00 bits per heavy atom. The first-order chi connectivity index (χ1) is 5.72. The Morgan fingerprint density at radius 1 is 1.42 bits per heavy atom. The normalized spacial score (nSPS) is 11.8. The van der Waals surface area contributed by atoms with Crippen LogP contribution in [0.5, 0.6) is 0 Å². The average molecular weight is 166 g/mol. The number of benzene rings is 1. The lowest BCUT2D eigenvalue weighted by Crippen LogP contribution is -1.83. The fraction of sp³-hybridized carbons (Fsp3) is 0.200. The molecule has 1 N–H and O–H groups in total. The zero-order chi connectivity index (χ0) is 8.97. The minimum Gasteiger partial charge on any atom is -0.392 e. The lowest BCUT2D eigenvalue weighted by atomic mass is 10.1. The maximum absolute atomic E-state index is 12.4. The second-order valence-electron chi connectivity index (χ2n) is 2.70. The summed E-state index contributed by atoms with van der Waals surface area (Å²) in [5.41, 5.74) is 1.77. The summed E-state index contributed by atoms with van der Waals surface area (Å²) < 4.78 is 12.4. The monoisotopic (exact) mass is 166 g/mol. The van der Waals surface area contributed by atoms with Gasteiger partial charge >= 0.3 is 0 Å². The number of aliphatic hydroxyl groups excluding tert-OH is 1. The largest absolute Gasteiger partial charge is 0.392 e. The zero-order valence-corrected chi connectivity index (χ0v) is 6.92. The molecule has 0 aliphatic heterocycles. The van der Waals surface area contributed by atoms with E-state index in [1.165, 1.54) is 12.1 Å². The molecule has 64 valence electrons. The van der Waals surface area contributed by atoms with Crippen molar-refractivity contribution in [3.05, 3.63) is 41.2 Å². The second-order valence-corrected chi connectivity index (χ2v) is 2.70. The molecule has 1 nitrogen and oxygen atoms in total.